The highest BCUT2D eigenvalue weighted by Crippen LogP contribution is 2.24. The molecule has 3 N–H and O–H groups in total. The molecule has 8 heteroatoms. The van der Waals surface area contributed by atoms with Crippen LogP contribution in [0.4, 0.5) is 0 Å². The number of hydrogen-bond donors (Lipinski definition) is 3. The number of hydrogen-bond acceptors (Lipinski definition) is 5. The van der Waals surface area contributed by atoms with Crippen molar-refractivity contribution in [3.63, 3.8) is 0 Å². The van der Waals surface area contributed by atoms with E-state index < -0.39 is 17.7 Å². The van der Waals surface area contributed by atoms with Crippen LogP contribution in [0.15, 0.2) is 18.2 Å². The van der Waals surface area contributed by atoms with Crippen LogP contribution < -0.4 is 25.6 Å². The van der Waals surface area contributed by atoms with Gasteiger partial charge in [0.15, 0.2) is 0 Å². The molecular weight excluding hydrogens is 290 g/mol. The minimum atomic E-state index is -0.923. The van der Waals surface area contributed by atoms with Gasteiger partial charge in [0.1, 0.15) is 11.5 Å². The molecule has 1 fully saturated rings. The molecule has 0 bridgehead atoms. The maximum absolute atomic E-state index is 12.0. The number of hydrazine groups is 1. The molecule has 1 aromatic carbocycles. The summed E-state index contributed by atoms with van der Waals surface area (Å²) in [5.41, 5.74) is 4.42. The molecule has 0 spiro atoms. The third-order valence-electron chi connectivity index (χ3n) is 3.06. The second-order valence-corrected chi connectivity index (χ2v) is 4.72. The number of carbonyl (C=O) groups is 3. The fourth-order valence-electron chi connectivity index (χ4n) is 1.70. The number of amides is 3. The lowest BCUT2D eigenvalue weighted by Gasteiger charge is -2.11. The summed E-state index contributed by atoms with van der Waals surface area (Å²) in [4.78, 5) is 34.9. The molecular formula is C14H17N3O5. The van der Waals surface area contributed by atoms with Gasteiger partial charge in [0.25, 0.3) is 5.91 Å². The SMILES string of the molecule is COc1ccc(C(=O)NNC(=O)C(=O)NC2CC2)c(OC)c1. The standard InChI is InChI=1S/C14H17N3O5/c1-21-9-5-6-10(11(7-9)22-2)12(18)16-17-14(20)13(19)15-8-3-4-8/h5-8H,3-4H2,1-2H3,(H,15,19)(H,16,18)(H,17,20). The molecule has 1 saturated carbocycles. The number of nitrogens with one attached hydrogen (secondary N) is 3. The van der Waals surface area contributed by atoms with Crippen LogP contribution in [0.2, 0.25) is 0 Å². The lowest BCUT2D eigenvalue weighted by atomic mass is 10.2. The van der Waals surface area contributed by atoms with E-state index in [9.17, 15) is 14.4 Å². The summed E-state index contributed by atoms with van der Waals surface area (Å²) >= 11 is 0. The summed E-state index contributed by atoms with van der Waals surface area (Å²) in [6.45, 7) is 0. The molecule has 22 heavy (non-hydrogen) atoms. The average molecular weight is 307 g/mol. The van der Waals surface area contributed by atoms with E-state index in [1.807, 2.05) is 0 Å². The molecule has 0 saturated heterocycles. The number of carbonyl (C=O) groups excluding carboxylic acids is 3. The molecule has 2 rings (SSSR count). The zero-order chi connectivity index (χ0) is 16.1. The lowest BCUT2D eigenvalue weighted by Crippen LogP contribution is -2.49. The minimum absolute atomic E-state index is 0.0654. The van der Waals surface area contributed by atoms with Gasteiger partial charge in [0.2, 0.25) is 0 Å². The largest absolute Gasteiger partial charge is 0.497 e. The maximum atomic E-state index is 12.0. The molecule has 0 aromatic heterocycles. The lowest BCUT2D eigenvalue weighted by molar-refractivity contribution is -0.139. The zero-order valence-corrected chi connectivity index (χ0v) is 12.3. The van der Waals surface area contributed by atoms with Crippen LogP contribution in [-0.4, -0.2) is 38.0 Å². The molecule has 1 aromatic rings. The molecule has 3 amide bonds. The molecule has 0 atom stereocenters. The van der Waals surface area contributed by atoms with Crippen molar-refractivity contribution < 1.29 is 23.9 Å². The van der Waals surface area contributed by atoms with Crippen LogP contribution in [0.1, 0.15) is 23.2 Å². The van der Waals surface area contributed by atoms with Crippen molar-refractivity contribution in [2.24, 2.45) is 0 Å². The summed E-state index contributed by atoms with van der Waals surface area (Å²) < 4.78 is 10.1. The summed E-state index contributed by atoms with van der Waals surface area (Å²) in [5.74, 6) is -1.49. The number of benzene rings is 1. The van der Waals surface area contributed by atoms with Crippen LogP contribution in [0.5, 0.6) is 11.5 Å². The van der Waals surface area contributed by atoms with Crippen LogP contribution in [0.3, 0.4) is 0 Å². The molecule has 0 aliphatic heterocycles. The highest BCUT2D eigenvalue weighted by Gasteiger charge is 2.26. The number of ether oxygens (including phenoxy) is 2. The monoisotopic (exact) mass is 307 g/mol. The Morgan fingerprint density at radius 1 is 1.05 bits per heavy atom. The van der Waals surface area contributed by atoms with Crippen molar-refractivity contribution in [3.05, 3.63) is 23.8 Å². The Balaban J connectivity index is 1.93. The summed E-state index contributed by atoms with van der Waals surface area (Å²) in [7, 11) is 2.90. The van der Waals surface area contributed by atoms with Crippen molar-refractivity contribution >= 4 is 17.7 Å². The van der Waals surface area contributed by atoms with Gasteiger partial charge in [0, 0.05) is 12.1 Å². The van der Waals surface area contributed by atoms with Crippen molar-refractivity contribution in [2.45, 2.75) is 18.9 Å². The van der Waals surface area contributed by atoms with Crippen LogP contribution >= 0.6 is 0 Å². The average Bonchev–Trinajstić information content (AvgIpc) is 3.35. The van der Waals surface area contributed by atoms with Crippen molar-refractivity contribution in [1.82, 2.24) is 16.2 Å². The molecule has 8 nitrogen and oxygen atoms in total. The minimum Gasteiger partial charge on any atom is -0.497 e. The summed E-state index contributed by atoms with van der Waals surface area (Å²) in [6, 6.07) is 4.68. The second-order valence-electron chi connectivity index (χ2n) is 4.72. The van der Waals surface area contributed by atoms with Crippen molar-refractivity contribution in [1.29, 1.82) is 0 Å². The van der Waals surface area contributed by atoms with Crippen LogP contribution in [-0.2, 0) is 9.59 Å². The van der Waals surface area contributed by atoms with Crippen LogP contribution in [0, 0.1) is 0 Å². The normalized spacial score (nSPS) is 13.0. The predicted molar refractivity (Wildman–Crippen MR) is 76.3 cm³/mol. The first-order valence-electron chi connectivity index (χ1n) is 6.68. The Labute approximate surface area is 127 Å². The first-order chi connectivity index (χ1) is 10.5. The third-order valence-corrected chi connectivity index (χ3v) is 3.06. The van der Waals surface area contributed by atoms with Gasteiger partial charge in [-0.2, -0.15) is 0 Å². The van der Waals surface area contributed by atoms with E-state index in [2.05, 4.69) is 16.2 Å². The maximum Gasteiger partial charge on any atom is 0.327 e. The van der Waals surface area contributed by atoms with E-state index >= 15 is 0 Å². The smallest absolute Gasteiger partial charge is 0.327 e. The van der Waals surface area contributed by atoms with Gasteiger partial charge in [0.05, 0.1) is 19.8 Å². The number of methoxy groups -OCH3 is 2. The molecule has 118 valence electrons. The van der Waals surface area contributed by atoms with Gasteiger partial charge in [-0.3, -0.25) is 25.2 Å². The third kappa shape index (κ3) is 3.87. The van der Waals surface area contributed by atoms with Gasteiger partial charge in [-0.15, -0.1) is 0 Å². The summed E-state index contributed by atoms with van der Waals surface area (Å²) in [6.07, 6.45) is 1.74. The first kappa shape index (κ1) is 15.6. The topological polar surface area (TPSA) is 106 Å². The fourth-order valence-corrected chi connectivity index (χ4v) is 1.70. The quantitative estimate of drug-likeness (QED) is 0.525. The van der Waals surface area contributed by atoms with E-state index in [4.69, 9.17) is 9.47 Å². The highest BCUT2D eigenvalue weighted by molar-refractivity contribution is 6.35. The van der Waals surface area contributed by atoms with E-state index in [0.29, 0.717) is 5.75 Å². The Bertz CT molecular complexity index is 598. The van der Waals surface area contributed by atoms with Gasteiger partial charge < -0.3 is 14.8 Å². The van der Waals surface area contributed by atoms with Gasteiger partial charge in [-0.05, 0) is 25.0 Å². The van der Waals surface area contributed by atoms with E-state index in [-0.39, 0.29) is 17.4 Å². The summed E-state index contributed by atoms with van der Waals surface area (Å²) in [5, 5.41) is 2.51. The Morgan fingerprint density at radius 2 is 1.77 bits per heavy atom. The first-order valence-corrected chi connectivity index (χ1v) is 6.68. The van der Waals surface area contributed by atoms with E-state index in [1.165, 1.54) is 26.4 Å². The van der Waals surface area contributed by atoms with Crippen molar-refractivity contribution in [3.8, 4) is 11.5 Å². The van der Waals surface area contributed by atoms with E-state index in [1.54, 1.807) is 6.07 Å². The molecule has 0 heterocycles. The highest BCUT2D eigenvalue weighted by atomic mass is 16.5. The second kappa shape index (κ2) is 6.79. The van der Waals surface area contributed by atoms with Gasteiger partial charge in [-0.25, -0.2) is 0 Å². The molecule has 0 radical (unpaired) electrons. The fraction of sp³-hybridized carbons (Fsp3) is 0.357. The van der Waals surface area contributed by atoms with Crippen LogP contribution in [0.25, 0.3) is 0 Å². The van der Waals surface area contributed by atoms with Gasteiger partial charge in [-0.1, -0.05) is 0 Å². The van der Waals surface area contributed by atoms with E-state index in [0.717, 1.165) is 12.8 Å². The zero-order valence-electron chi connectivity index (χ0n) is 12.3. The molecule has 0 unspecified atom stereocenters. The van der Waals surface area contributed by atoms with Crippen molar-refractivity contribution in [2.75, 3.05) is 14.2 Å². The Morgan fingerprint density at radius 3 is 2.36 bits per heavy atom. The predicted octanol–water partition coefficient (Wildman–Crippen LogP) is -0.257. The number of rotatable bonds is 4. The molecule has 1 aliphatic carbocycles. The Hall–Kier alpha value is -2.77. The molecule has 1 aliphatic rings. The van der Waals surface area contributed by atoms with Gasteiger partial charge >= 0.3 is 11.8 Å². The Kier molecular flexibility index (Phi) is 4.82.